The number of hydrogen-bond donors (Lipinski definition) is 0. The van der Waals surface area contributed by atoms with Crippen LogP contribution >= 0.6 is 11.6 Å². The van der Waals surface area contributed by atoms with E-state index in [1.807, 2.05) is 0 Å². The average Bonchev–Trinajstić information content (AvgIpc) is 2.19. The predicted octanol–water partition coefficient (Wildman–Crippen LogP) is 3.25. The number of carbonyl (C=O) groups is 1. The van der Waals surface area contributed by atoms with Crippen molar-refractivity contribution in [2.45, 2.75) is 45.1 Å². The molecule has 0 aromatic rings. The van der Waals surface area contributed by atoms with E-state index in [1.54, 1.807) is 0 Å². The predicted molar refractivity (Wildman–Crippen MR) is 57.1 cm³/mol. The van der Waals surface area contributed by atoms with Crippen molar-refractivity contribution in [1.29, 1.82) is 0 Å². The highest BCUT2D eigenvalue weighted by molar-refractivity contribution is 6.40. The third-order valence-corrected chi connectivity index (χ3v) is 3.02. The number of rotatable bonds is 3. The van der Waals surface area contributed by atoms with E-state index in [2.05, 4.69) is 13.5 Å². The molecule has 1 fully saturated rings. The van der Waals surface area contributed by atoms with Gasteiger partial charge in [0.2, 0.25) is 0 Å². The Kier molecular flexibility index (Phi) is 4.46. The molecular weight excluding hydrogens is 200 g/mol. The van der Waals surface area contributed by atoms with Gasteiger partial charge in [-0.3, -0.25) is 0 Å². The molecule has 1 rings (SSSR count). The fourth-order valence-corrected chi connectivity index (χ4v) is 1.92. The maximum Gasteiger partial charge on any atom is 0.349 e. The van der Waals surface area contributed by atoms with E-state index in [1.165, 1.54) is 6.42 Å². The third kappa shape index (κ3) is 3.33. The van der Waals surface area contributed by atoms with E-state index in [9.17, 15) is 4.79 Å². The van der Waals surface area contributed by atoms with Gasteiger partial charge in [-0.25, -0.2) is 4.79 Å². The molecule has 0 radical (unpaired) electrons. The molecule has 0 saturated heterocycles. The quantitative estimate of drug-likeness (QED) is 0.535. The molecule has 1 aliphatic rings. The minimum atomic E-state index is -0.466. The zero-order valence-corrected chi connectivity index (χ0v) is 9.35. The molecule has 1 aliphatic carbocycles. The molecule has 0 amide bonds. The smallest absolute Gasteiger partial charge is 0.349 e. The van der Waals surface area contributed by atoms with Crippen LogP contribution in [-0.2, 0) is 9.53 Å². The first-order chi connectivity index (χ1) is 6.63. The molecule has 0 N–H and O–H groups in total. The van der Waals surface area contributed by atoms with Gasteiger partial charge in [-0.2, -0.15) is 0 Å². The summed E-state index contributed by atoms with van der Waals surface area (Å²) in [4.78, 5) is 11.1. The SMILES string of the molecule is C=C(Cl)C(=O)OC1CCC(CC)CC1. The van der Waals surface area contributed by atoms with E-state index >= 15 is 0 Å². The van der Waals surface area contributed by atoms with Crippen molar-refractivity contribution in [1.82, 2.24) is 0 Å². The normalized spacial score (nSPS) is 27.0. The van der Waals surface area contributed by atoms with Gasteiger partial charge in [0.05, 0.1) is 0 Å². The van der Waals surface area contributed by atoms with E-state index in [-0.39, 0.29) is 11.1 Å². The molecule has 0 spiro atoms. The Morgan fingerprint density at radius 3 is 2.43 bits per heavy atom. The van der Waals surface area contributed by atoms with E-state index in [0.717, 1.165) is 31.6 Å². The number of carbonyl (C=O) groups excluding carboxylic acids is 1. The summed E-state index contributed by atoms with van der Waals surface area (Å²) in [6.45, 7) is 5.55. The van der Waals surface area contributed by atoms with Gasteiger partial charge in [0, 0.05) is 0 Å². The molecule has 1 saturated carbocycles. The summed E-state index contributed by atoms with van der Waals surface area (Å²) in [5.74, 6) is 0.343. The standard InChI is InChI=1S/C11H17ClO2/c1-3-9-4-6-10(7-5-9)14-11(13)8(2)12/h9-10H,2-7H2,1H3. The number of hydrogen-bond acceptors (Lipinski definition) is 2. The molecule has 80 valence electrons. The summed E-state index contributed by atoms with van der Waals surface area (Å²) in [6.07, 6.45) is 5.53. The van der Waals surface area contributed by atoms with Gasteiger partial charge in [-0.15, -0.1) is 0 Å². The summed E-state index contributed by atoms with van der Waals surface area (Å²) < 4.78 is 5.18. The molecule has 0 aromatic heterocycles. The first kappa shape index (κ1) is 11.6. The summed E-state index contributed by atoms with van der Waals surface area (Å²) >= 11 is 5.43. The molecule has 0 bridgehead atoms. The van der Waals surface area contributed by atoms with Crippen LogP contribution in [0.5, 0.6) is 0 Å². The molecule has 0 aromatic carbocycles. The monoisotopic (exact) mass is 216 g/mol. The Morgan fingerprint density at radius 1 is 1.43 bits per heavy atom. The van der Waals surface area contributed by atoms with Crippen LogP contribution in [0.3, 0.4) is 0 Å². The minimum Gasteiger partial charge on any atom is -0.458 e. The molecule has 3 heteroatoms. The number of ether oxygens (including phenoxy) is 1. The van der Waals surface area contributed by atoms with Crippen LogP contribution in [0.15, 0.2) is 11.6 Å². The van der Waals surface area contributed by atoms with Gasteiger partial charge in [0.1, 0.15) is 11.1 Å². The van der Waals surface area contributed by atoms with Gasteiger partial charge >= 0.3 is 5.97 Å². The van der Waals surface area contributed by atoms with Crippen LogP contribution in [0, 0.1) is 5.92 Å². The first-order valence-corrected chi connectivity index (χ1v) is 5.56. The Hall–Kier alpha value is -0.500. The van der Waals surface area contributed by atoms with Crippen molar-refractivity contribution in [3.63, 3.8) is 0 Å². The first-order valence-electron chi connectivity index (χ1n) is 5.18. The fraction of sp³-hybridized carbons (Fsp3) is 0.727. The van der Waals surface area contributed by atoms with Crippen LogP contribution in [0.25, 0.3) is 0 Å². The van der Waals surface area contributed by atoms with Crippen LogP contribution < -0.4 is 0 Å². The fourth-order valence-electron chi connectivity index (χ4n) is 1.87. The Bertz CT molecular complexity index is 217. The van der Waals surface area contributed by atoms with Crippen LogP contribution in [0.1, 0.15) is 39.0 Å². The number of esters is 1. The highest BCUT2D eigenvalue weighted by Crippen LogP contribution is 2.28. The topological polar surface area (TPSA) is 26.3 Å². The van der Waals surface area contributed by atoms with Crippen LogP contribution in [0.2, 0.25) is 0 Å². The van der Waals surface area contributed by atoms with Gasteiger partial charge < -0.3 is 4.74 Å². The highest BCUT2D eigenvalue weighted by Gasteiger charge is 2.23. The lowest BCUT2D eigenvalue weighted by atomic mass is 9.86. The lowest BCUT2D eigenvalue weighted by Crippen LogP contribution is -2.24. The van der Waals surface area contributed by atoms with Crippen LogP contribution in [0.4, 0.5) is 0 Å². The second-order valence-corrected chi connectivity index (χ2v) is 4.32. The summed E-state index contributed by atoms with van der Waals surface area (Å²) in [5, 5.41) is -0.0254. The molecule has 14 heavy (non-hydrogen) atoms. The maximum atomic E-state index is 11.1. The number of halogens is 1. The largest absolute Gasteiger partial charge is 0.458 e. The van der Waals surface area contributed by atoms with Crippen molar-refractivity contribution in [3.05, 3.63) is 11.6 Å². The molecular formula is C11H17ClO2. The Morgan fingerprint density at radius 2 is 2.00 bits per heavy atom. The second kappa shape index (κ2) is 5.40. The van der Waals surface area contributed by atoms with Crippen molar-refractivity contribution in [2.75, 3.05) is 0 Å². The molecule has 0 unspecified atom stereocenters. The van der Waals surface area contributed by atoms with Gasteiger partial charge in [-0.1, -0.05) is 31.5 Å². The van der Waals surface area contributed by atoms with E-state index in [0.29, 0.717) is 0 Å². The molecule has 0 aliphatic heterocycles. The van der Waals surface area contributed by atoms with Crippen molar-refractivity contribution in [3.8, 4) is 0 Å². The van der Waals surface area contributed by atoms with Gasteiger partial charge in [0.15, 0.2) is 0 Å². The Balaban J connectivity index is 2.29. The average molecular weight is 217 g/mol. The summed E-state index contributed by atoms with van der Waals surface area (Å²) in [6, 6.07) is 0. The van der Waals surface area contributed by atoms with Crippen LogP contribution in [-0.4, -0.2) is 12.1 Å². The zero-order chi connectivity index (χ0) is 10.6. The second-order valence-electron chi connectivity index (χ2n) is 3.86. The zero-order valence-electron chi connectivity index (χ0n) is 8.59. The third-order valence-electron chi connectivity index (χ3n) is 2.87. The van der Waals surface area contributed by atoms with E-state index < -0.39 is 5.97 Å². The van der Waals surface area contributed by atoms with Gasteiger partial charge in [-0.05, 0) is 31.6 Å². The molecule has 2 nitrogen and oxygen atoms in total. The van der Waals surface area contributed by atoms with Crippen molar-refractivity contribution < 1.29 is 9.53 Å². The molecule has 0 atom stereocenters. The van der Waals surface area contributed by atoms with E-state index in [4.69, 9.17) is 16.3 Å². The van der Waals surface area contributed by atoms with Crippen molar-refractivity contribution in [2.24, 2.45) is 5.92 Å². The molecule has 0 heterocycles. The Labute approximate surface area is 90.3 Å². The summed E-state index contributed by atoms with van der Waals surface area (Å²) in [7, 11) is 0. The lowest BCUT2D eigenvalue weighted by Gasteiger charge is -2.27. The summed E-state index contributed by atoms with van der Waals surface area (Å²) in [5.41, 5.74) is 0. The van der Waals surface area contributed by atoms with Gasteiger partial charge in [0.25, 0.3) is 0 Å². The highest BCUT2D eigenvalue weighted by atomic mass is 35.5. The minimum absolute atomic E-state index is 0.0254. The van der Waals surface area contributed by atoms with Crippen molar-refractivity contribution >= 4 is 17.6 Å². The maximum absolute atomic E-state index is 11.1. The lowest BCUT2D eigenvalue weighted by molar-refractivity contribution is -0.145.